The Morgan fingerprint density at radius 1 is 0.727 bits per heavy atom. The van der Waals surface area contributed by atoms with Crippen molar-refractivity contribution in [1.29, 1.82) is 0 Å². The first-order valence-electron chi connectivity index (χ1n) is 8.56. The van der Waals surface area contributed by atoms with E-state index < -0.39 is 6.26 Å². The number of hydrogen-bond donors (Lipinski definition) is 0. The molecule has 0 aliphatic heterocycles. The van der Waals surface area contributed by atoms with E-state index in [2.05, 4.69) is 101 Å². The third-order valence-electron chi connectivity index (χ3n) is 3.49. The van der Waals surface area contributed by atoms with Crippen LogP contribution in [0, 0.1) is 0 Å². The molecule has 0 saturated heterocycles. The maximum atomic E-state index is 5.58. The van der Waals surface area contributed by atoms with Crippen molar-refractivity contribution in [3.8, 4) is 0 Å². The minimum absolute atomic E-state index is 0.0241. The van der Waals surface area contributed by atoms with Gasteiger partial charge in [-0.1, -0.05) is 80.2 Å². The highest BCUT2D eigenvalue weighted by Crippen LogP contribution is 2.87. The van der Waals surface area contributed by atoms with E-state index >= 15 is 0 Å². The van der Waals surface area contributed by atoms with Crippen molar-refractivity contribution in [1.82, 2.24) is 0 Å². The number of nitrogens with zero attached hydrogens (tertiary/aromatic N) is 1. The van der Waals surface area contributed by atoms with Gasteiger partial charge < -0.3 is 0 Å². The molecule has 0 aliphatic carbocycles. The summed E-state index contributed by atoms with van der Waals surface area (Å²) in [7, 11) is -0.0758. The lowest BCUT2D eigenvalue weighted by Crippen LogP contribution is -2.29. The minimum atomic E-state index is -1.58. The molecular formula is C18H41NP2S. The van der Waals surface area contributed by atoms with Crippen molar-refractivity contribution in [3.05, 3.63) is 0 Å². The second-order valence-corrected chi connectivity index (χ2v) is 21.6. The summed E-state index contributed by atoms with van der Waals surface area (Å²) in [5.74, 6) is 0. The molecule has 0 heterocycles. The summed E-state index contributed by atoms with van der Waals surface area (Å²) in [6.07, 6.45) is -1.58. The van der Waals surface area contributed by atoms with Crippen LogP contribution in [0.3, 0.4) is 0 Å². The highest BCUT2D eigenvalue weighted by molar-refractivity contribution is 8.87. The Morgan fingerprint density at radius 2 is 1.05 bits per heavy atom. The van der Waals surface area contributed by atoms with E-state index in [4.69, 9.17) is 4.74 Å². The minimum Gasteiger partial charge on any atom is -0.286 e. The maximum Gasteiger partial charge on any atom is 0.0519 e. The van der Waals surface area contributed by atoms with Crippen molar-refractivity contribution >= 4 is 24.4 Å². The van der Waals surface area contributed by atoms with Crippen molar-refractivity contribution in [3.63, 3.8) is 0 Å². The number of rotatable bonds is 4. The van der Waals surface area contributed by atoms with Crippen molar-refractivity contribution in [2.75, 3.05) is 0 Å². The van der Waals surface area contributed by atoms with Gasteiger partial charge in [-0.3, -0.25) is 4.74 Å². The summed E-state index contributed by atoms with van der Waals surface area (Å²) in [5.41, 5.74) is 1.52. The van der Waals surface area contributed by atoms with Gasteiger partial charge in [0.2, 0.25) is 0 Å². The summed E-state index contributed by atoms with van der Waals surface area (Å²) >= 11 is 2.30. The van der Waals surface area contributed by atoms with Crippen LogP contribution in [0.4, 0.5) is 0 Å². The highest BCUT2D eigenvalue weighted by atomic mass is 33.1. The standard InChI is InChI=1S/C18H41NP2S/c1-14(2)20(15(3)4)22-21(17(8,9)10,18(11,12)13)19-16(5,6)7/h14-15H,1-13H3. The second kappa shape index (κ2) is 7.49. The molecule has 134 valence electrons. The summed E-state index contributed by atoms with van der Waals surface area (Å²) in [4.78, 5) is 0. The molecule has 0 aliphatic rings. The monoisotopic (exact) mass is 365 g/mol. The van der Waals surface area contributed by atoms with Crippen LogP contribution in [-0.2, 0) is 0 Å². The first-order valence-corrected chi connectivity index (χ1v) is 13.8. The van der Waals surface area contributed by atoms with E-state index in [9.17, 15) is 0 Å². The molecule has 0 atom stereocenters. The van der Waals surface area contributed by atoms with Gasteiger partial charge >= 0.3 is 0 Å². The van der Waals surface area contributed by atoms with Crippen molar-refractivity contribution < 1.29 is 0 Å². The molecule has 0 fully saturated rings. The normalized spacial score (nSPS) is 15.1. The third-order valence-corrected chi connectivity index (χ3v) is 21.6. The smallest absolute Gasteiger partial charge is 0.0519 e. The lowest BCUT2D eigenvalue weighted by atomic mass is 10.1. The fourth-order valence-electron chi connectivity index (χ4n) is 2.91. The van der Waals surface area contributed by atoms with Crippen LogP contribution in [0.25, 0.3) is 0 Å². The molecule has 0 bridgehead atoms. The molecule has 1 nitrogen and oxygen atoms in total. The van der Waals surface area contributed by atoms with Crippen molar-refractivity contribution in [2.24, 2.45) is 4.74 Å². The molecule has 4 heteroatoms. The first kappa shape index (κ1) is 23.0. The fraction of sp³-hybridized carbons (Fsp3) is 1.00. The lowest BCUT2D eigenvalue weighted by Gasteiger charge is -2.49. The molecule has 0 N–H and O–H groups in total. The molecule has 0 radical (unpaired) electrons. The van der Waals surface area contributed by atoms with Gasteiger partial charge in [0.05, 0.1) is 5.54 Å². The molecule has 0 aromatic heterocycles. The van der Waals surface area contributed by atoms with Gasteiger partial charge in [0.15, 0.2) is 0 Å². The van der Waals surface area contributed by atoms with Gasteiger partial charge in [0.1, 0.15) is 0 Å². The lowest BCUT2D eigenvalue weighted by molar-refractivity contribution is 0.578. The molecule has 0 rings (SSSR count). The SMILES string of the molecule is CC(C)P(SP(=NC(C)(C)C)(C(C)(C)C)C(C)(C)C)C(C)C. The van der Waals surface area contributed by atoms with Gasteiger partial charge in [0, 0.05) is 16.6 Å². The van der Waals surface area contributed by atoms with Crippen LogP contribution in [-0.4, -0.2) is 27.2 Å². The molecular weight excluding hydrogens is 324 g/mol. The summed E-state index contributed by atoms with van der Waals surface area (Å²) in [6.45, 7) is 30.9. The van der Waals surface area contributed by atoms with Crippen LogP contribution in [0.1, 0.15) is 90.0 Å². The Bertz CT molecular complexity index is 380. The van der Waals surface area contributed by atoms with Gasteiger partial charge in [-0.25, -0.2) is 0 Å². The van der Waals surface area contributed by atoms with Crippen LogP contribution < -0.4 is 0 Å². The third kappa shape index (κ3) is 5.82. The van der Waals surface area contributed by atoms with Crippen LogP contribution in [0.5, 0.6) is 0 Å². The Balaban J connectivity index is 6.40. The van der Waals surface area contributed by atoms with E-state index in [-0.39, 0.29) is 23.0 Å². The van der Waals surface area contributed by atoms with Crippen LogP contribution in [0.15, 0.2) is 4.74 Å². The van der Waals surface area contributed by atoms with E-state index in [1.54, 1.807) is 0 Å². The van der Waals surface area contributed by atoms with Gasteiger partial charge in [-0.05, 0) is 39.2 Å². The van der Waals surface area contributed by atoms with Crippen LogP contribution >= 0.6 is 24.4 Å². The molecule has 22 heavy (non-hydrogen) atoms. The highest BCUT2D eigenvalue weighted by Gasteiger charge is 2.47. The van der Waals surface area contributed by atoms with E-state index in [0.717, 1.165) is 11.3 Å². The van der Waals surface area contributed by atoms with E-state index in [1.165, 1.54) is 0 Å². The molecule has 0 unspecified atom stereocenters. The van der Waals surface area contributed by atoms with Gasteiger partial charge in [-0.15, -0.1) is 0 Å². The van der Waals surface area contributed by atoms with Gasteiger partial charge in [0.25, 0.3) is 0 Å². The predicted molar refractivity (Wildman–Crippen MR) is 113 cm³/mol. The molecule has 0 aromatic carbocycles. The van der Waals surface area contributed by atoms with Crippen molar-refractivity contribution in [2.45, 2.75) is 117 Å². The molecule has 0 amide bonds. The number of hydrogen-bond acceptors (Lipinski definition) is 2. The molecule has 0 saturated carbocycles. The van der Waals surface area contributed by atoms with Crippen LogP contribution in [0.2, 0.25) is 0 Å². The maximum absolute atomic E-state index is 5.58. The zero-order chi connectivity index (χ0) is 18.1. The average Bonchev–Trinajstić information content (AvgIpc) is 2.17. The Labute approximate surface area is 146 Å². The topological polar surface area (TPSA) is 12.4 Å². The molecule has 0 aromatic rings. The Kier molecular flexibility index (Phi) is 7.84. The largest absolute Gasteiger partial charge is 0.286 e. The van der Waals surface area contributed by atoms with Gasteiger partial charge in [-0.2, -0.15) is 0 Å². The second-order valence-electron chi connectivity index (χ2n) is 9.82. The van der Waals surface area contributed by atoms with E-state index in [1.807, 2.05) is 0 Å². The summed E-state index contributed by atoms with van der Waals surface area (Å²) in [6, 6.07) is 0. The first-order chi connectivity index (χ1) is 9.44. The Morgan fingerprint density at radius 3 is 1.23 bits per heavy atom. The zero-order valence-corrected chi connectivity index (χ0v) is 20.0. The molecule has 0 spiro atoms. The predicted octanol–water partition coefficient (Wildman–Crippen LogP) is 8.45. The fourth-order valence-corrected chi connectivity index (χ4v) is 23.6. The summed E-state index contributed by atoms with van der Waals surface area (Å²) < 4.78 is 5.58. The zero-order valence-electron chi connectivity index (χ0n) is 17.4. The van der Waals surface area contributed by atoms with E-state index in [0.29, 0.717) is 0 Å². The Hall–Kier alpha value is 1.01. The average molecular weight is 366 g/mol. The quantitative estimate of drug-likeness (QED) is 0.455. The summed E-state index contributed by atoms with van der Waals surface area (Å²) in [5, 5.41) is 0.459.